The van der Waals surface area contributed by atoms with Crippen molar-refractivity contribution in [3.8, 4) is 11.5 Å². The normalized spacial score (nSPS) is 11.1. The van der Waals surface area contributed by atoms with Crippen LogP contribution in [0, 0.1) is 6.92 Å². The lowest BCUT2D eigenvalue weighted by molar-refractivity contribution is 0.104. The van der Waals surface area contributed by atoms with Crippen LogP contribution in [0.1, 0.15) is 48.7 Å². The van der Waals surface area contributed by atoms with Crippen molar-refractivity contribution in [1.82, 2.24) is 0 Å². The van der Waals surface area contributed by atoms with Crippen LogP contribution < -0.4 is 9.47 Å². The first kappa shape index (κ1) is 17.1. The van der Waals surface area contributed by atoms with Crippen molar-refractivity contribution in [2.45, 2.75) is 46.3 Å². The van der Waals surface area contributed by atoms with Crippen LogP contribution >= 0.6 is 0 Å². The fourth-order valence-electron chi connectivity index (χ4n) is 2.06. The van der Waals surface area contributed by atoms with Gasteiger partial charge in [0, 0.05) is 5.56 Å². The summed E-state index contributed by atoms with van der Waals surface area (Å²) >= 11 is 0. The molecule has 0 aliphatic heterocycles. The number of aldehydes is 1. The molecule has 0 N–H and O–H groups in total. The number of hydrogen-bond acceptors (Lipinski definition) is 3. The van der Waals surface area contributed by atoms with Crippen LogP contribution in [0.3, 0.4) is 0 Å². The van der Waals surface area contributed by atoms with Crippen molar-refractivity contribution < 1.29 is 14.3 Å². The van der Waals surface area contributed by atoms with Crippen LogP contribution in [0.15, 0.2) is 42.5 Å². The molecule has 2 aromatic rings. The second-order valence-corrected chi connectivity index (χ2v) is 6.29. The average Bonchev–Trinajstić information content (AvgIpc) is 2.55. The summed E-state index contributed by atoms with van der Waals surface area (Å²) in [5, 5.41) is 0. The minimum atomic E-state index is -0.192. The predicted molar refractivity (Wildman–Crippen MR) is 92.3 cm³/mol. The Morgan fingerprint density at radius 3 is 2.61 bits per heavy atom. The summed E-state index contributed by atoms with van der Waals surface area (Å²) in [7, 11) is 0. The molecular weight excluding hydrogens is 288 g/mol. The predicted octanol–water partition coefficient (Wildman–Crippen LogP) is 4.95. The Hall–Kier alpha value is -2.29. The Labute approximate surface area is 138 Å². The summed E-state index contributed by atoms with van der Waals surface area (Å²) < 4.78 is 11.9. The maximum atomic E-state index is 10.8. The minimum absolute atomic E-state index is 0.192. The Kier molecular flexibility index (Phi) is 5.43. The van der Waals surface area contributed by atoms with Crippen LogP contribution in [0.25, 0.3) is 0 Å². The van der Waals surface area contributed by atoms with E-state index in [9.17, 15) is 4.79 Å². The topological polar surface area (TPSA) is 35.5 Å². The van der Waals surface area contributed by atoms with Gasteiger partial charge < -0.3 is 9.47 Å². The summed E-state index contributed by atoms with van der Waals surface area (Å²) in [6.45, 7) is 8.76. The first-order valence-corrected chi connectivity index (χ1v) is 7.90. The number of carbonyl (C=O) groups is 1. The van der Waals surface area contributed by atoms with Crippen LogP contribution in [-0.2, 0) is 6.61 Å². The van der Waals surface area contributed by atoms with Crippen LogP contribution in [0.5, 0.6) is 11.5 Å². The van der Waals surface area contributed by atoms with E-state index in [1.54, 1.807) is 12.1 Å². The Balaban J connectivity index is 2.10. The molecule has 0 saturated carbocycles. The molecule has 0 amide bonds. The molecule has 2 aromatic carbocycles. The number of carbonyl (C=O) groups excluding carboxylic acids is 1. The summed E-state index contributed by atoms with van der Waals surface area (Å²) in [6.07, 6.45) is 1.75. The van der Waals surface area contributed by atoms with Gasteiger partial charge in [-0.3, -0.25) is 4.79 Å². The highest BCUT2D eigenvalue weighted by Gasteiger charge is 2.18. The van der Waals surface area contributed by atoms with E-state index in [0.29, 0.717) is 17.9 Å². The lowest BCUT2D eigenvalue weighted by Crippen LogP contribution is -2.27. The molecule has 0 bridgehead atoms. The number of rotatable bonds is 7. The molecule has 0 atom stereocenters. The van der Waals surface area contributed by atoms with Gasteiger partial charge in [0.1, 0.15) is 30.0 Å². The van der Waals surface area contributed by atoms with Gasteiger partial charge in [-0.15, -0.1) is 0 Å². The standard InChI is InChI=1S/C20H24O3/c1-5-20(3,4)23-19-12-17(10-9-15(19)2)14-22-18-8-6-7-16(11-18)13-21/h6-13H,5,14H2,1-4H3. The number of benzene rings is 2. The summed E-state index contributed by atoms with van der Waals surface area (Å²) in [4.78, 5) is 10.8. The highest BCUT2D eigenvalue weighted by Crippen LogP contribution is 2.26. The highest BCUT2D eigenvalue weighted by atomic mass is 16.5. The molecule has 0 aromatic heterocycles. The second kappa shape index (κ2) is 7.32. The summed E-state index contributed by atoms with van der Waals surface area (Å²) in [6, 6.07) is 13.2. The van der Waals surface area contributed by atoms with Crippen LogP contribution in [-0.4, -0.2) is 11.9 Å². The molecule has 0 aliphatic carbocycles. The van der Waals surface area contributed by atoms with E-state index in [4.69, 9.17) is 9.47 Å². The van der Waals surface area contributed by atoms with Crippen molar-refractivity contribution in [2.75, 3.05) is 0 Å². The maximum absolute atomic E-state index is 10.8. The molecule has 23 heavy (non-hydrogen) atoms. The van der Waals surface area contributed by atoms with Gasteiger partial charge in [-0.2, -0.15) is 0 Å². The third kappa shape index (κ3) is 4.85. The van der Waals surface area contributed by atoms with Gasteiger partial charge in [0.2, 0.25) is 0 Å². The van der Waals surface area contributed by atoms with Crippen molar-refractivity contribution in [3.05, 3.63) is 59.2 Å². The quantitative estimate of drug-likeness (QED) is 0.678. The van der Waals surface area contributed by atoms with E-state index < -0.39 is 0 Å². The van der Waals surface area contributed by atoms with E-state index >= 15 is 0 Å². The number of hydrogen-bond donors (Lipinski definition) is 0. The van der Waals surface area contributed by atoms with Crippen LogP contribution in [0.2, 0.25) is 0 Å². The van der Waals surface area contributed by atoms with E-state index in [2.05, 4.69) is 20.8 Å². The van der Waals surface area contributed by atoms with Gasteiger partial charge in [-0.1, -0.05) is 31.2 Å². The zero-order valence-corrected chi connectivity index (χ0v) is 14.3. The summed E-state index contributed by atoms with van der Waals surface area (Å²) in [5.74, 6) is 1.58. The molecule has 0 unspecified atom stereocenters. The van der Waals surface area contributed by atoms with Crippen molar-refractivity contribution >= 4 is 6.29 Å². The second-order valence-electron chi connectivity index (χ2n) is 6.29. The third-order valence-electron chi connectivity index (χ3n) is 3.89. The van der Waals surface area contributed by atoms with Gasteiger partial charge in [0.05, 0.1) is 0 Å². The molecule has 0 aliphatic rings. The van der Waals surface area contributed by atoms with E-state index in [0.717, 1.165) is 29.6 Å². The van der Waals surface area contributed by atoms with E-state index in [1.807, 2.05) is 37.3 Å². The van der Waals surface area contributed by atoms with Gasteiger partial charge in [0.25, 0.3) is 0 Å². The first-order valence-electron chi connectivity index (χ1n) is 7.90. The molecular formula is C20H24O3. The smallest absolute Gasteiger partial charge is 0.150 e. The molecule has 122 valence electrons. The van der Waals surface area contributed by atoms with Gasteiger partial charge in [-0.05, 0) is 56.5 Å². The lowest BCUT2D eigenvalue weighted by Gasteiger charge is -2.26. The largest absolute Gasteiger partial charge is 0.489 e. The number of aryl methyl sites for hydroxylation is 1. The summed E-state index contributed by atoms with van der Waals surface area (Å²) in [5.41, 5.74) is 2.56. The van der Waals surface area contributed by atoms with Gasteiger partial charge in [0.15, 0.2) is 0 Å². The average molecular weight is 312 g/mol. The molecule has 0 fully saturated rings. The first-order chi connectivity index (χ1) is 10.9. The molecule has 0 radical (unpaired) electrons. The molecule has 3 heteroatoms. The van der Waals surface area contributed by atoms with Gasteiger partial charge >= 0.3 is 0 Å². The fraction of sp³-hybridized carbons (Fsp3) is 0.350. The molecule has 3 nitrogen and oxygen atoms in total. The molecule has 0 heterocycles. The zero-order valence-electron chi connectivity index (χ0n) is 14.3. The third-order valence-corrected chi connectivity index (χ3v) is 3.89. The molecule has 0 spiro atoms. The number of ether oxygens (including phenoxy) is 2. The van der Waals surface area contributed by atoms with Gasteiger partial charge in [-0.25, -0.2) is 0 Å². The maximum Gasteiger partial charge on any atom is 0.150 e. The Bertz CT molecular complexity index is 674. The highest BCUT2D eigenvalue weighted by molar-refractivity contribution is 5.75. The fourth-order valence-corrected chi connectivity index (χ4v) is 2.06. The van der Waals surface area contributed by atoms with Crippen molar-refractivity contribution in [3.63, 3.8) is 0 Å². The SMILES string of the molecule is CCC(C)(C)Oc1cc(COc2cccc(C=O)c2)ccc1C. The monoisotopic (exact) mass is 312 g/mol. The Morgan fingerprint density at radius 1 is 1.13 bits per heavy atom. The van der Waals surface area contributed by atoms with Crippen molar-refractivity contribution in [1.29, 1.82) is 0 Å². The van der Waals surface area contributed by atoms with E-state index in [-0.39, 0.29) is 5.60 Å². The van der Waals surface area contributed by atoms with Crippen LogP contribution in [0.4, 0.5) is 0 Å². The zero-order chi connectivity index (χ0) is 16.9. The molecule has 0 saturated heterocycles. The molecule has 2 rings (SSSR count). The van der Waals surface area contributed by atoms with E-state index in [1.165, 1.54) is 0 Å². The Morgan fingerprint density at radius 2 is 1.91 bits per heavy atom. The minimum Gasteiger partial charge on any atom is -0.489 e. The van der Waals surface area contributed by atoms with Crippen molar-refractivity contribution in [2.24, 2.45) is 0 Å². The lowest BCUT2D eigenvalue weighted by atomic mass is 10.1.